The van der Waals surface area contributed by atoms with Gasteiger partial charge >= 0.3 is 6.03 Å². The highest BCUT2D eigenvalue weighted by atomic mass is 16.2. The number of likely N-dealkylation sites (N-methyl/N-ethyl adjacent to an activating group) is 1. The van der Waals surface area contributed by atoms with Crippen LogP contribution in [0.25, 0.3) is 0 Å². The summed E-state index contributed by atoms with van der Waals surface area (Å²) in [5.74, 6) is 0. The van der Waals surface area contributed by atoms with Crippen LogP contribution in [0.15, 0.2) is 12.2 Å². The number of carbonyl (C=O) groups is 1. The topological polar surface area (TPSA) is 35.6 Å². The lowest BCUT2D eigenvalue weighted by molar-refractivity contribution is 0.201. The monoisotopic (exact) mass is 211 g/mol. The first kappa shape index (κ1) is 12.0. The molecule has 2 amide bonds. The van der Waals surface area contributed by atoms with E-state index in [9.17, 15) is 4.79 Å². The summed E-state index contributed by atoms with van der Waals surface area (Å²) in [4.78, 5) is 15.1. The maximum absolute atomic E-state index is 11.6. The molecule has 0 aromatic heterocycles. The second-order valence-electron chi connectivity index (χ2n) is 4.05. The minimum Gasteiger partial charge on any atom is -0.326 e. The highest BCUT2D eigenvalue weighted by Gasteiger charge is 2.24. The van der Waals surface area contributed by atoms with Crippen LogP contribution in [0.4, 0.5) is 4.79 Å². The van der Waals surface area contributed by atoms with Crippen molar-refractivity contribution in [3.8, 4) is 0 Å². The summed E-state index contributed by atoms with van der Waals surface area (Å²) in [6, 6.07) is 0.117. The SMILES string of the molecule is C=C(CNCCC)CN1CCN(C)C1=O. The van der Waals surface area contributed by atoms with Gasteiger partial charge < -0.3 is 15.1 Å². The molecular formula is C11H21N3O. The van der Waals surface area contributed by atoms with Gasteiger partial charge in [0.15, 0.2) is 0 Å². The second kappa shape index (κ2) is 5.75. The number of nitrogens with zero attached hydrogens (tertiary/aromatic N) is 2. The zero-order valence-corrected chi connectivity index (χ0v) is 9.75. The average Bonchev–Trinajstić information content (AvgIpc) is 2.50. The predicted octanol–water partition coefficient (Wildman–Crippen LogP) is 0.910. The van der Waals surface area contributed by atoms with Crippen LogP contribution in [0.5, 0.6) is 0 Å². The Bertz CT molecular complexity index is 240. The smallest absolute Gasteiger partial charge is 0.320 e. The van der Waals surface area contributed by atoms with E-state index in [4.69, 9.17) is 0 Å². The van der Waals surface area contributed by atoms with Crippen molar-refractivity contribution in [1.29, 1.82) is 0 Å². The van der Waals surface area contributed by atoms with Gasteiger partial charge in [-0.2, -0.15) is 0 Å². The van der Waals surface area contributed by atoms with Gasteiger partial charge in [0.2, 0.25) is 0 Å². The standard InChI is InChI=1S/C11H21N3O/c1-4-5-12-8-10(2)9-14-7-6-13(3)11(14)15/h12H,2,4-9H2,1,3H3. The van der Waals surface area contributed by atoms with Gasteiger partial charge in [-0.1, -0.05) is 13.5 Å². The molecule has 1 rings (SSSR count). The largest absolute Gasteiger partial charge is 0.326 e. The Balaban J connectivity index is 2.23. The van der Waals surface area contributed by atoms with Crippen molar-refractivity contribution in [2.24, 2.45) is 0 Å². The van der Waals surface area contributed by atoms with Crippen LogP contribution in [-0.4, -0.2) is 55.6 Å². The van der Waals surface area contributed by atoms with Crippen molar-refractivity contribution >= 4 is 6.03 Å². The summed E-state index contributed by atoms with van der Waals surface area (Å²) in [5, 5.41) is 3.28. The number of amides is 2. The second-order valence-corrected chi connectivity index (χ2v) is 4.05. The lowest BCUT2D eigenvalue weighted by Gasteiger charge is -2.17. The Kier molecular flexibility index (Phi) is 4.62. The molecule has 86 valence electrons. The highest BCUT2D eigenvalue weighted by molar-refractivity contribution is 5.76. The van der Waals surface area contributed by atoms with E-state index in [-0.39, 0.29) is 6.03 Å². The molecule has 1 aliphatic heterocycles. The number of hydrogen-bond donors (Lipinski definition) is 1. The molecule has 4 nitrogen and oxygen atoms in total. The van der Waals surface area contributed by atoms with Gasteiger partial charge in [0.25, 0.3) is 0 Å². The third-order valence-electron chi connectivity index (χ3n) is 2.52. The Morgan fingerprint density at radius 3 is 2.80 bits per heavy atom. The fourth-order valence-corrected chi connectivity index (χ4v) is 1.62. The molecule has 0 aliphatic carbocycles. The van der Waals surface area contributed by atoms with E-state index >= 15 is 0 Å². The van der Waals surface area contributed by atoms with Crippen LogP contribution in [0.1, 0.15) is 13.3 Å². The van der Waals surface area contributed by atoms with E-state index in [1.807, 2.05) is 11.9 Å². The molecule has 0 radical (unpaired) electrons. The zero-order chi connectivity index (χ0) is 11.3. The fourth-order valence-electron chi connectivity index (χ4n) is 1.62. The van der Waals surface area contributed by atoms with E-state index in [2.05, 4.69) is 18.8 Å². The van der Waals surface area contributed by atoms with Crippen molar-refractivity contribution < 1.29 is 4.79 Å². The maximum Gasteiger partial charge on any atom is 0.320 e. The Hall–Kier alpha value is -1.03. The van der Waals surface area contributed by atoms with Crippen molar-refractivity contribution in [3.63, 3.8) is 0 Å². The highest BCUT2D eigenvalue weighted by Crippen LogP contribution is 2.07. The molecule has 1 saturated heterocycles. The van der Waals surface area contributed by atoms with Gasteiger partial charge in [0.1, 0.15) is 0 Å². The number of nitrogens with one attached hydrogen (secondary N) is 1. The molecule has 1 heterocycles. The third kappa shape index (κ3) is 3.55. The first-order valence-electron chi connectivity index (χ1n) is 5.52. The third-order valence-corrected chi connectivity index (χ3v) is 2.52. The molecule has 0 atom stereocenters. The summed E-state index contributed by atoms with van der Waals surface area (Å²) in [6.07, 6.45) is 1.12. The van der Waals surface area contributed by atoms with Crippen LogP contribution in [0.3, 0.4) is 0 Å². The van der Waals surface area contributed by atoms with Gasteiger partial charge in [0, 0.05) is 33.2 Å². The molecule has 0 bridgehead atoms. The maximum atomic E-state index is 11.6. The first-order chi connectivity index (χ1) is 7.15. The molecule has 1 N–H and O–H groups in total. The van der Waals surface area contributed by atoms with Crippen LogP contribution in [0, 0.1) is 0 Å². The molecule has 0 spiro atoms. The molecule has 15 heavy (non-hydrogen) atoms. The molecule has 4 heteroatoms. The van der Waals surface area contributed by atoms with Crippen molar-refractivity contribution in [2.45, 2.75) is 13.3 Å². The number of hydrogen-bond acceptors (Lipinski definition) is 2. The lowest BCUT2D eigenvalue weighted by atomic mass is 10.3. The Labute approximate surface area is 91.9 Å². The van der Waals surface area contributed by atoms with E-state index in [0.717, 1.165) is 38.2 Å². The minimum absolute atomic E-state index is 0.117. The quantitative estimate of drug-likeness (QED) is 0.523. The molecular weight excluding hydrogens is 190 g/mol. The summed E-state index contributed by atoms with van der Waals surface area (Å²) in [6.45, 7) is 10.3. The summed E-state index contributed by atoms with van der Waals surface area (Å²) < 4.78 is 0. The summed E-state index contributed by atoms with van der Waals surface area (Å²) in [7, 11) is 1.83. The average molecular weight is 211 g/mol. The van der Waals surface area contributed by atoms with E-state index in [1.54, 1.807) is 4.90 Å². The number of rotatable bonds is 6. The van der Waals surface area contributed by atoms with Crippen LogP contribution in [-0.2, 0) is 0 Å². The molecule has 0 unspecified atom stereocenters. The number of carbonyl (C=O) groups excluding carboxylic acids is 1. The predicted molar refractivity (Wildman–Crippen MR) is 61.9 cm³/mol. The Morgan fingerprint density at radius 2 is 2.27 bits per heavy atom. The van der Waals surface area contributed by atoms with E-state index in [0.29, 0.717) is 6.54 Å². The normalized spacial score (nSPS) is 16.3. The van der Waals surface area contributed by atoms with Crippen LogP contribution < -0.4 is 5.32 Å². The number of urea groups is 1. The molecule has 0 aromatic rings. The fraction of sp³-hybridized carbons (Fsp3) is 0.727. The van der Waals surface area contributed by atoms with Crippen molar-refractivity contribution in [2.75, 3.05) is 39.8 Å². The van der Waals surface area contributed by atoms with Crippen LogP contribution in [0.2, 0.25) is 0 Å². The van der Waals surface area contributed by atoms with Crippen molar-refractivity contribution in [3.05, 3.63) is 12.2 Å². The van der Waals surface area contributed by atoms with Gasteiger partial charge in [-0.05, 0) is 18.5 Å². The minimum atomic E-state index is 0.117. The summed E-state index contributed by atoms with van der Waals surface area (Å²) >= 11 is 0. The summed E-state index contributed by atoms with van der Waals surface area (Å²) in [5.41, 5.74) is 1.08. The van der Waals surface area contributed by atoms with E-state index in [1.165, 1.54) is 0 Å². The Morgan fingerprint density at radius 1 is 1.53 bits per heavy atom. The van der Waals surface area contributed by atoms with Crippen molar-refractivity contribution in [1.82, 2.24) is 15.1 Å². The van der Waals surface area contributed by atoms with Gasteiger partial charge in [-0.15, -0.1) is 0 Å². The molecule has 1 fully saturated rings. The van der Waals surface area contributed by atoms with Gasteiger partial charge in [-0.25, -0.2) is 4.79 Å². The molecule has 0 saturated carbocycles. The lowest BCUT2D eigenvalue weighted by Crippen LogP contribution is -2.33. The zero-order valence-electron chi connectivity index (χ0n) is 9.75. The molecule has 1 aliphatic rings. The van der Waals surface area contributed by atoms with Gasteiger partial charge in [0.05, 0.1) is 0 Å². The first-order valence-corrected chi connectivity index (χ1v) is 5.52. The van der Waals surface area contributed by atoms with E-state index < -0.39 is 0 Å². The van der Waals surface area contributed by atoms with Crippen LogP contribution >= 0.6 is 0 Å². The molecule has 0 aromatic carbocycles. The van der Waals surface area contributed by atoms with Gasteiger partial charge in [-0.3, -0.25) is 0 Å².